The van der Waals surface area contributed by atoms with Gasteiger partial charge in [-0.05, 0) is 46.3 Å². The molecular weight excluding hydrogens is 358 g/mol. The molecule has 0 unspecified atom stereocenters. The number of phenolic OH excluding ortho intramolecular Hbond substituents is 1. The Bertz CT molecular complexity index is 754. The number of carbonyl (C=O) groups is 1. The van der Waals surface area contributed by atoms with Gasteiger partial charge in [-0.15, -0.1) is 0 Å². The summed E-state index contributed by atoms with van der Waals surface area (Å²) in [5.41, 5.74) is 2.19. The summed E-state index contributed by atoms with van der Waals surface area (Å²) < 4.78 is 5.77. The van der Waals surface area contributed by atoms with Crippen LogP contribution in [0.1, 0.15) is 15.9 Å². The fraction of sp³-hybridized carbons (Fsp3) is 0.167. The molecule has 0 bridgehead atoms. The van der Waals surface area contributed by atoms with E-state index in [0.29, 0.717) is 21.3 Å². The number of nitrogens with zero attached hydrogens (tertiary/aromatic N) is 1. The Balaban J connectivity index is 2.34. The first-order chi connectivity index (χ1) is 10.9. The number of anilines is 1. The lowest BCUT2D eigenvalue weighted by atomic mass is 10.1. The standard InChI is InChI=1S/C18H18BrNO3/c1-20(2)15-7-5-4-6-13(15)16(21)9-8-12-10-14(19)17(22)11-18(12)23-3/h4-11,22H,1-3H3/b9-8+. The molecule has 0 spiro atoms. The van der Waals surface area contributed by atoms with Crippen LogP contribution in [0.25, 0.3) is 6.08 Å². The Labute approximate surface area is 144 Å². The molecule has 5 heteroatoms. The fourth-order valence-electron chi connectivity index (χ4n) is 2.19. The molecule has 0 saturated heterocycles. The van der Waals surface area contributed by atoms with Gasteiger partial charge in [-0.3, -0.25) is 4.79 Å². The summed E-state index contributed by atoms with van der Waals surface area (Å²) in [6, 6.07) is 10.6. The van der Waals surface area contributed by atoms with Crippen LogP contribution in [0.3, 0.4) is 0 Å². The normalized spacial score (nSPS) is 10.8. The van der Waals surface area contributed by atoms with E-state index in [-0.39, 0.29) is 11.5 Å². The third-order valence-electron chi connectivity index (χ3n) is 3.36. The molecule has 0 aliphatic carbocycles. The fourth-order valence-corrected chi connectivity index (χ4v) is 2.55. The highest BCUT2D eigenvalue weighted by atomic mass is 79.9. The number of benzene rings is 2. The molecule has 23 heavy (non-hydrogen) atoms. The maximum absolute atomic E-state index is 12.5. The van der Waals surface area contributed by atoms with E-state index in [1.54, 1.807) is 18.2 Å². The predicted molar refractivity (Wildman–Crippen MR) is 96.5 cm³/mol. The van der Waals surface area contributed by atoms with E-state index in [1.165, 1.54) is 19.3 Å². The highest BCUT2D eigenvalue weighted by molar-refractivity contribution is 9.10. The molecule has 0 amide bonds. The van der Waals surface area contributed by atoms with Gasteiger partial charge < -0.3 is 14.7 Å². The lowest BCUT2D eigenvalue weighted by molar-refractivity contribution is 0.104. The van der Waals surface area contributed by atoms with Gasteiger partial charge in [0.25, 0.3) is 0 Å². The van der Waals surface area contributed by atoms with E-state index in [0.717, 1.165) is 5.69 Å². The number of hydrogen-bond donors (Lipinski definition) is 1. The van der Waals surface area contributed by atoms with Gasteiger partial charge in [0.1, 0.15) is 11.5 Å². The minimum atomic E-state index is -0.0967. The largest absolute Gasteiger partial charge is 0.507 e. The van der Waals surface area contributed by atoms with Crippen LogP contribution in [0.5, 0.6) is 11.5 Å². The molecule has 0 aliphatic heterocycles. The van der Waals surface area contributed by atoms with Crippen molar-refractivity contribution < 1.29 is 14.6 Å². The van der Waals surface area contributed by atoms with Crippen molar-refractivity contribution in [3.05, 3.63) is 58.1 Å². The third-order valence-corrected chi connectivity index (χ3v) is 4.00. The van der Waals surface area contributed by atoms with Crippen molar-refractivity contribution in [3.8, 4) is 11.5 Å². The second-order valence-electron chi connectivity index (χ2n) is 5.15. The second kappa shape index (κ2) is 7.33. The predicted octanol–water partition coefficient (Wildman–Crippen LogP) is 4.13. The van der Waals surface area contributed by atoms with Crippen LogP contribution in [-0.2, 0) is 0 Å². The summed E-state index contributed by atoms with van der Waals surface area (Å²) >= 11 is 3.26. The summed E-state index contributed by atoms with van der Waals surface area (Å²) in [6.07, 6.45) is 3.18. The Morgan fingerprint density at radius 3 is 2.61 bits per heavy atom. The minimum absolute atomic E-state index is 0.0864. The Morgan fingerprint density at radius 1 is 1.26 bits per heavy atom. The summed E-state index contributed by atoms with van der Waals surface area (Å²) in [5.74, 6) is 0.486. The first-order valence-electron chi connectivity index (χ1n) is 6.99. The van der Waals surface area contributed by atoms with E-state index in [4.69, 9.17) is 4.74 Å². The zero-order valence-corrected chi connectivity index (χ0v) is 14.8. The molecule has 0 fully saturated rings. The molecule has 4 nitrogen and oxygen atoms in total. The minimum Gasteiger partial charge on any atom is -0.507 e. The average molecular weight is 376 g/mol. The number of hydrogen-bond acceptors (Lipinski definition) is 4. The van der Waals surface area contributed by atoms with Crippen LogP contribution in [0.2, 0.25) is 0 Å². The van der Waals surface area contributed by atoms with Crippen LogP contribution < -0.4 is 9.64 Å². The van der Waals surface area contributed by atoms with Gasteiger partial charge in [0.2, 0.25) is 0 Å². The number of allylic oxidation sites excluding steroid dienone is 1. The molecule has 0 saturated carbocycles. The van der Waals surface area contributed by atoms with Crippen LogP contribution in [0, 0.1) is 0 Å². The van der Waals surface area contributed by atoms with Crippen molar-refractivity contribution in [3.63, 3.8) is 0 Å². The van der Waals surface area contributed by atoms with Crippen LogP contribution in [0.15, 0.2) is 46.9 Å². The SMILES string of the molecule is COc1cc(O)c(Br)cc1/C=C/C(=O)c1ccccc1N(C)C. The van der Waals surface area contributed by atoms with Gasteiger partial charge in [0.15, 0.2) is 5.78 Å². The molecule has 2 aromatic carbocycles. The molecular formula is C18H18BrNO3. The van der Waals surface area contributed by atoms with Gasteiger partial charge in [-0.1, -0.05) is 12.1 Å². The van der Waals surface area contributed by atoms with Crippen molar-refractivity contribution >= 4 is 33.5 Å². The zero-order valence-electron chi connectivity index (χ0n) is 13.2. The van der Waals surface area contributed by atoms with Crippen molar-refractivity contribution in [1.29, 1.82) is 0 Å². The topological polar surface area (TPSA) is 49.8 Å². The molecule has 1 N–H and O–H groups in total. The first-order valence-corrected chi connectivity index (χ1v) is 7.78. The monoisotopic (exact) mass is 375 g/mol. The maximum atomic E-state index is 12.5. The zero-order chi connectivity index (χ0) is 17.0. The Morgan fingerprint density at radius 2 is 1.96 bits per heavy atom. The second-order valence-corrected chi connectivity index (χ2v) is 6.01. The molecule has 0 aliphatic rings. The highest BCUT2D eigenvalue weighted by Crippen LogP contribution is 2.32. The van der Waals surface area contributed by atoms with E-state index in [9.17, 15) is 9.90 Å². The quantitative estimate of drug-likeness (QED) is 0.630. The Hall–Kier alpha value is -2.27. The molecule has 0 heterocycles. The summed E-state index contributed by atoms with van der Waals surface area (Å²) in [6.45, 7) is 0. The van der Waals surface area contributed by atoms with Gasteiger partial charge in [-0.2, -0.15) is 0 Å². The highest BCUT2D eigenvalue weighted by Gasteiger charge is 2.11. The Kier molecular flexibility index (Phi) is 5.45. The van der Waals surface area contributed by atoms with Crippen molar-refractivity contribution in [2.75, 3.05) is 26.1 Å². The lowest BCUT2D eigenvalue weighted by Crippen LogP contribution is -2.13. The first kappa shape index (κ1) is 17.1. The van der Waals surface area contributed by atoms with Crippen LogP contribution in [0.4, 0.5) is 5.69 Å². The molecule has 0 atom stereocenters. The smallest absolute Gasteiger partial charge is 0.187 e. The lowest BCUT2D eigenvalue weighted by Gasteiger charge is -2.15. The number of rotatable bonds is 5. The summed E-state index contributed by atoms with van der Waals surface area (Å²) in [5, 5.41) is 9.69. The number of halogens is 1. The molecule has 2 aromatic rings. The van der Waals surface area contributed by atoms with Crippen molar-refractivity contribution in [1.82, 2.24) is 0 Å². The van der Waals surface area contributed by atoms with Gasteiger partial charge >= 0.3 is 0 Å². The molecule has 120 valence electrons. The molecule has 0 aromatic heterocycles. The molecule has 2 rings (SSSR count). The summed E-state index contributed by atoms with van der Waals surface area (Å²) in [7, 11) is 5.31. The number of methoxy groups -OCH3 is 1. The van der Waals surface area contributed by atoms with Crippen LogP contribution in [-0.4, -0.2) is 32.1 Å². The van der Waals surface area contributed by atoms with E-state index >= 15 is 0 Å². The number of carbonyl (C=O) groups excluding carboxylic acids is 1. The van der Waals surface area contributed by atoms with Crippen LogP contribution >= 0.6 is 15.9 Å². The number of ketones is 1. The number of para-hydroxylation sites is 1. The average Bonchev–Trinajstić information content (AvgIpc) is 2.55. The maximum Gasteiger partial charge on any atom is 0.187 e. The van der Waals surface area contributed by atoms with E-state index in [1.807, 2.05) is 37.2 Å². The summed E-state index contributed by atoms with van der Waals surface area (Å²) in [4.78, 5) is 14.4. The van der Waals surface area contributed by atoms with E-state index < -0.39 is 0 Å². The van der Waals surface area contributed by atoms with Crippen molar-refractivity contribution in [2.24, 2.45) is 0 Å². The van der Waals surface area contributed by atoms with E-state index in [2.05, 4.69) is 15.9 Å². The number of ether oxygens (including phenoxy) is 1. The van der Waals surface area contributed by atoms with Crippen molar-refractivity contribution in [2.45, 2.75) is 0 Å². The van der Waals surface area contributed by atoms with Gasteiger partial charge in [0.05, 0.1) is 11.6 Å². The molecule has 0 radical (unpaired) electrons. The van der Waals surface area contributed by atoms with Gasteiger partial charge in [0, 0.05) is 37.0 Å². The number of phenols is 1. The number of aromatic hydroxyl groups is 1. The third kappa shape index (κ3) is 3.93. The van der Waals surface area contributed by atoms with Gasteiger partial charge in [-0.25, -0.2) is 0 Å².